The molecule has 0 spiro atoms. The number of ether oxygens (including phenoxy) is 1. The van der Waals surface area contributed by atoms with Crippen molar-refractivity contribution in [1.29, 1.82) is 0 Å². The number of rotatable bonds is 3. The fourth-order valence-electron chi connectivity index (χ4n) is 2.06. The molecule has 1 saturated carbocycles. The maximum Gasteiger partial charge on any atom is 0.150 e. The summed E-state index contributed by atoms with van der Waals surface area (Å²) in [5, 5.41) is 10.2. The van der Waals surface area contributed by atoms with Gasteiger partial charge in [-0.25, -0.2) is 0 Å². The molecule has 1 aliphatic rings. The molecule has 1 aliphatic carbocycles. The Morgan fingerprint density at radius 3 is 2.76 bits per heavy atom. The zero-order valence-electron chi connectivity index (χ0n) is 9.43. The van der Waals surface area contributed by atoms with E-state index in [4.69, 9.17) is 16.3 Å². The van der Waals surface area contributed by atoms with Crippen LogP contribution < -0.4 is 4.74 Å². The van der Waals surface area contributed by atoms with Crippen LogP contribution in [0.15, 0.2) is 18.2 Å². The van der Waals surface area contributed by atoms with Gasteiger partial charge in [-0.05, 0) is 37.5 Å². The van der Waals surface area contributed by atoms with E-state index in [2.05, 4.69) is 0 Å². The van der Waals surface area contributed by atoms with Gasteiger partial charge in [0, 0.05) is 5.56 Å². The second-order valence-electron chi connectivity index (χ2n) is 4.32. The van der Waals surface area contributed by atoms with Crippen molar-refractivity contribution in [3.05, 3.63) is 28.8 Å². The molecule has 1 fully saturated rings. The highest BCUT2D eigenvalue weighted by atomic mass is 35.5. The van der Waals surface area contributed by atoms with Gasteiger partial charge in [0.15, 0.2) is 0 Å². The first-order valence-electron chi connectivity index (χ1n) is 5.80. The molecule has 4 heteroatoms. The summed E-state index contributed by atoms with van der Waals surface area (Å²) in [7, 11) is 0. The van der Waals surface area contributed by atoms with Gasteiger partial charge in [-0.1, -0.05) is 18.0 Å². The maximum absolute atomic E-state index is 10.6. The third-order valence-electron chi connectivity index (χ3n) is 3.04. The Bertz CT molecular complexity index is 406. The predicted molar refractivity (Wildman–Crippen MR) is 65.7 cm³/mol. The van der Waals surface area contributed by atoms with E-state index < -0.39 is 6.10 Å². The molecule has 1 aromatic carbocycles. The molecule has 0 aliphatic heterocycles. The number of carbonyl (C=O) groups is 1. The third-order valence-corrected chi connectivity index (χ3v) is 3.33. The lowest BCUT2D eigenvalue weighted by Gasteiger charge is -2.28. The highest BCUT2D eigenvalue weighted by Gasteiger charge is 2.25. The standard InChI is InChI=1S/C13H15ClO3/c14-10-7-9(8-15)5-6-12(10)17-13-4-2-1-3-11(13)16/h5-8,11,13,16H,1-4H2. The molecule has 2 atom stereocenters. The van der Waals surface area contributed by atoms with Crippen LogP contribution in [0.1, 0.15) is 36.0 Å². The monoisotopic (exact) mass is 254 g/mol. The smallest absolute Gasteiger partial charge is 0.150 e. The minimum absolute atomic E-state index is 0.191. The molecule has 3 nitrogen and oxygen atoms in total. The average molecular weight is 255 g/mol. The summed E-state index contributed by atoms with van der Waals surface area (Å²) in [5.74, 6) is 0.531. The van der Waals surface area contributed by atoms with E-state index in [9.17, 15) is 9.90 Å². The Kier molecular flexibility index (Phi) is 4.02. The van der Waals surface area contributed by atoms with Crippen molar-refractivity contribution in [3.63, 3.8) is 0 Å². The van der Waals surface area contributed by atoms with E-state index in [-0.39, 0.29) is 6.10 Å². The van der Waals surface area contributed by atoms with Crippen LogP contribution >= 0.6 is 11.6 Å². The summed E-state index contributed by atoms with van der Waals surface area (Å²) in [5.41, 5.74) is 0.520. The zero-order valence-corrected chi connectivity index (χ0v) is 10.2. The van der Waals surface area contributed by atoms with Crippen LogP contribution in [0.4, 0.5) is 0 Å². The van der Waals surface area contributed by atoms with Crippen LogP contribution in [0.5, 0.6) is 5.75 Å². The van der Waals surface area contributed by atoms with E-state index in [0.29, 0.717) is 16.3 Å². The van der Waals surface area contributed by atoms with Crippen molar-refractivity contribution < 1.29 is 14.6 Å². The van der Waals surface area contributed by atoms with Crippen molar-refractivity contribution in [2.75, 3.05) is 0 Å². The lowest BCUT2D eigenvalue weighted by molar-refractivity contribution is 0.00692. The fraction of sp³-hybridized carbons (Fsp3) is 0.462. The molecular weight excluding hydrogens is 240 g/mol. The van der Waals surface area contributed by atoms with Crippen molar-refractivity contribution in [2.45, 2.75) is 37.9 Å². The highest BCUT2D eigenvalue weighted by Crippen LogP contribution is 2.29. The quantitative estimate of drug-likeness (QED) is 0.844. The Hall–Kier alpha value is -1.06. The van der Waals surface area contributed by atoms with Gasteiger partial charge < -0.3 is 9.84 Å². The molecule has 2 rings (SSSR count). The summed E-state index contributed by atoms with van der Waals surface area (Å²) in [6.07, 6.45) is 3.84. The molecule has 17 heavy (non-hydrogen) atoms. The first-order valence-corrected chi connectivity index (χ1v) is 6.18. The fourth-order valence-corrected chi connectivity index (χ4v) is 2.30. The first kappa shape index (κ1) is 12.4. The SMILES string of the molecule is O=Cc1ccc(OC2CCCCC2O)c(Cl)c1. The van der Waals surface area contributed by atoms with Crippen LogP contribution in [-0.2, 0) is 0 Å². The van der Waals surface area contributed by atoms with Gasteiger partial charge in [-0.2, -0.15) is 0 Å². The van der Waals surface area contributed by atoms with E-state index in [1.54, 1.807) is 18.2 Å². The van der Waals surface area contributed by atoms with Crippen molar-refractivity contribution in [3.8, 4) is 5.75 Å². The molecule has 2 unspecified atom stereocenters. The normalized spacial score (nSPS) is 24.4. The van der Waals surface area contributed by atoms with Crippen LogP contribution in [-0.4, -0.2) is 23.6 Å². The molecule has 1 N–H and O–H groups in total. The summed E-state index contributed by atoms with van der Waals surface area (Å²) in [6, 6.07) is 4.90. The summed E-state index contributed by atoms with van der Waals surface area (Å²) in [6.45, 7) is 0. The largest absolute Gasteiger partial charge is 0.486 e. The first-order chi connectivity index (χ1) is 8.20. The third kappa shape index (κ3) is 2.99. The minimum atomic E-state index is -0.425. The van der Waals surface area contributed by atoms with Crippen molar-refractivity contribution >= 4 is 17.9 Å². The summed E-state index contributed by atoms with van der Waals surface area (Å²) < 4.78 is 5.70. The van der Waals surface area contributed by atoms with E-state index in [0.717, 1.165) is 32.0 Å². The van der Waals surface area contributed by atoms with Gasteiger partial charge in [0.25, 0.3) is 0 Å². The zero-order chi connectivity index (χ0) is 12.3. The number of benzene rings is 1. The van der Waals surface area contributed by atoms with Gasteiger partial charge in [0.05, 0.1) is 11.1 Å². The molecule has 0 radical (unpaired) electrons. The van der Waals surface area contributed by atoms with Crippen LogP contribution in [0.3, 0.4) is 0 Å². The number of hydrogen-bond donors (Lipinski definition) is 1. The maximum atomic E-state index is 10.6. The number of carbonyl (C=O) groups excluding carboxylic acids is 1. The Morgan fingerprint density at radius 1 is 1.35 bits per heavy atom. The van der Waals surface area contributed by atoms with E-state index in [1.165, 1.54) is 0 Å². The van der Waals surface area contributed by atoms with Crippen LogP contribution in [0.25, 0.3) is 0 Å². The van der Waals surface area contributed by atoms with Gasteiger partial charge >= 0.3 is 0 Å². The Morgan fingerprint density at radius 2 is 2.12 bits per heavy atom. The second-order valence-corrected chi connectivity index (χ2v) is 4.72. The molecule has 0 aromatic heterocycles. The van der Waals surface area contributed by atoms with E-state index in [1.807, 2.05) is 0 Å². The molecule has 92 valence electrons. The van der Waals surface area contributed by atoms with E-state index >= 15 is 0 Å². The van der Waals surface area contributed by atoms with Gasteiger partial charge in [0.1, 0.15) is 18.1 Å². The minimum Gasteiger partial charge on any atom is -0.486 e. The van der Waals surface area contributed by atoms with Crippen LogP contribution in [0, 0.1) is 0 Å². The van der Waals surface area contributed by atoms with Crippen LogP contribution in [0.2, 0.25) is 5.02 Å². The molecule has 0 amide bonds. The lowest BCUT2D eigenvalue weighted by atomic mass is 9.95. The molecule has 0 heterocycles. The Balaban J connectivity index is 2.09. The number of aliphatic hydroxyl groups is 1. The topological polar surface area (TPSA) is 46.5 Å². The molecular formula is C13H15ClO3. The number of aldehydes is 1. The predicted octanol–water partition coefficient (Wildman–Crippen LogP) is 2.83. The Labute approximate surface area is 105 Å². The number of halogens is 1. The van der Waals surface area contributed by atoms with Gasteiger partial charge in [-0.3, -0.25) is 4.79 Å². The van der Waals surface area contributed by atoms with Crippen molar-refractivity contribution in [1.82, 2.24) is 0 Å². The average Bonchev–Trinajstić information content (AvgIpc) is 2.34. The number of hydrogen-bond acceptors (Lipinski definition) is 3. The molecule has 0 bridgehead atoms. The highest BCUT2D eigenvalue weighted by molar-refractivity contribution is 6.32. The van der Waals surface area contributed by atoms with Gasteiger partial charge in [-0.15, -0.1) is 0 Å². The number of aliphatic hydroxyl groups excluding tert-OH is 1. The summed E-state index contributed by atoms with van der Waals surface area (Å²) in [4.78, 5) is 10.6. The second kappa shape index (κ2) is 5.52. The summed E-state index contributed by atoms with van der Waals surface area (Å²) >= 11 is 6.01. The lowest BCUT2D eigenvalue weighted by Crippen LogP contribution is -2.34. The molecule has 0 saturated heterocycles. The van der Waals surface area contributed by atoms with Crippen molar-refractivity contribution in [2.24, 2.45) is 0 Å². The van der Waals surface area contributed by atoms with Gasteiger partial charge in [0.2, 0.25) is 0 Å². The molecule has 1 aromatic rings.